The summed E-state index contributed by atoms with van der Waals surface area (Å²) in [4.78, 5) is 27.2. The van der Waals surface area contributed by atoms with Crippen molar-refractivity contribution in [1.82, 2.24) is 0 Å². The molecule has 1 aliphatic carbocycles. The zero-order valence-electron chi connectivity index (χ0n) is 19.6. The first-order valence-electron chi connectivity index (χ1n) is 11.7. The van der Waals surface area contributed by atoms with E-state index in [1.807, 2.05) is 6.07 Å². The monoisotopic (exact) mass is 445 g/mol. The van der Waals surface area contributed by atoms with Crippen molar-refractivity contribution in [2.24, 2.45) is 5.92 Å². The molecule has 0 radical (unpaired) electrons. The van der Waals surface area contributed by atoms with Crippen LogP contribution in [0.2, 0.25) is 0 Å². The number of benzene rings is 1. The van der Waals surface area contributed by atoms with Gasteiger partial charge in [-0.2, -0.15) is 0 Å². The van der Waals surface area contributed by atoms with Crippen LogP contribution < -0.4 is 9.47 Å². The van der Waals surface area contributed by atoms with Crippen LogP contribution in [0.15, 0.2) is 23.8 Å². The van der Waals surface area contributed by atoms with Gasteiger partial charge in [0.25, 0.3) is 5.09 Å². The van der Waals surface area contributed by atoms with Gasteiger partial charge < -0.3 is 14.3 Å². The van der Waals surface area contributed by atoms with Crippen molar-refractivity contribution in [1.29, 1.82) is 0 Å². The van der Waals surface area contributed by atoms with E-state index in [1.54, 1.807) is 0 Å². The largest absolute Gasteiger partial charge is 0.487 e. The van der Waals surface area contributed by atoms with Gasteiger partial charge in [-0.05, 0) is 70.6 Å². The van der Waals surface area contributed by atoms with Crippen molar-refractivity contribution < 1.29 is 24.2 Å². The Kier molecular flexibility index (Phi) is 7.80. The Balaban J connectivity index is 1.89. The molecule has 1 aromatic carbocycles. The van der Waals surface area contributed by atoms with Crippen molar-refractivity contribution in [2.45, 2.75) is 90.6 Å². The van der Waals surface area contributed by atoms with Gasteiger partial charge in [0.05, 0.1) is 6.61 Å². The van der Waals surface area contributed by atoms with Crippen molar-refractivity contribution in [3.05, 3.63) is 45.0 Å². The number of allylic oxidation sites excluding steroid dienone is 2. The third kappa shape index (κ3) is 5.81. The first-order chi connectivity index (χ1) is 15.2. The number of aryl methyl sites for hydroxylation is 1. The zero-order valence-corrected chi connectivity index (χ0v) is 19.6. The van der Waals surface area contributed by atoms with Gasteiger partial charge in [-0.25, -0.2) is 0 Å². The van der Waals surface area contributed by atoms with E-state index in [4.69, 9.17) is 9.47 Å². The third-order valence-electron chi connectivity index (χ3n) is 6.56. The molecule has 7 nitrogen and oxygen atoms in total. The Morgan fingerprint density at radius 1 is 1.28 bits per heavy atom. The number of carbonyl (C=O) groups excluding carboxylic acids is 1. The molecule has 0 unspecified atom stereocenters. The van der Waals surface area contributed by atoms with E-state index < -0.39 is 11.1 Å². The van der Waals surface area contributed by atoms with Crippen molar-refractivity contribution >= 4 is 5.97 Å². The first kappa shape index (κ1) is 24.1. The van der Waals surface area contributed by atoms with Crippen LogP contribution in [-0.2, 0) is 16.1 Å². The lowest BCUT2D eigenvalue weighted by Crippen LogP contribution is -2.45. The summed E-state index contributed by atoms with van der Waals surface area (Å²) >= 11 is 0. The minimum Gasteiger partial charge on any atom is -0.487 e. The van der Waals surface area contributed by atoms with E-state index in [2.05, 4.69) is 44.7 Å². The summed E-state index contributed by atoms with van der Waals surface area (Å²) in [5.74, 6) is 1.52. The van der Waals surface area contributed by atoms with E-state index in [9.17, 15) is 14.9 Å². The van der Waals surface area contributed by atoms with Gasteiger partial charge in [0, 0.05) is 23.8 Å². The highest BCUT2D eigenvalue weighted by molar-refractivity contribution is 5.73. The van der Waals surface area contributed by atoms with Gasteiger partial charge in [0.15, 0.2) is 0 Å². The highest BCUT2D eigenvalue weighted by Gasteiger charge is 2.46. The van der Waals surface area contributed by atoms with Crippen LogP contribution in [0.4, 0.5) is 0 Å². The summed E-state index contributed by atoms with van der Waals surface area (Å²) in [5, 5.41) is 9.46. The summed E-state index contributed by atoms with van der Waals surface area (Å²) in [6, 6.07) is 4.12. The first-order valence-corrected chi connectivity index (χ1v) is 11.7. The molecule has 1 aromatic rings. The second kappa shape index (κ2) is 10.4. The second-order valence-corrected chi connectivity index (χ2v) is 9.51. The molecule has 1 heterocycles. The Hall–Kier alpha value is -2.57. The predicted octanol–water partition coefficient (Wildman–Crippen LogP) is 5.92. The average molecular weight is 446 g/mol. The molecule has 0 spiro atoms. The molecule has 0 amide bonds. The van der Waals surface area contributed by atoms with Gasteiger partial charge in [-0.3, -0.25) is 4.79 Å². The van der Waals surface area contributed by atoms with E-state index in [0.717, 1.165) is 55.4 Å². The second-order valence-electron chi connectivity index (χ2n) is 9.51. The predicted molar refractivity (Wildman–Crippen MR) is 121 cm³/mol. The summed E-state index contributed by atoms with van der Waals surface area (Å²) in [6.07, 6.45) is 8.68. The number of ether oxygens (including phenoxy) is 2. The molecule has 176 valence electrons. The van der Waals surface area contributed by atoms with Crippen molar-refractivity contribution in [2.75, 3.05) is 6.61 Å². The standard InChI is InChI=1S/C25H35NO6/c1-5-6-7-9-18-15-21(31-23(27)10-8-13-30-26(28)29)24-19-14-17(2)11-12-20(19)25(3,4)32-22(24)16-18/h11,15-16,19-20H,5-10,12-14H2,1-4H3/t19-,20-/m1/s1. The van der Waals surface area contributed by atoms with Gasteiger partial charge >= 0.3 is 5.97 Å². The number of carbonyl (C=O) groups is 1. The van der Waals surface area contributed by atoms with Crippen LogP contribution in [-0.4, -0.2) is 23.3 Å². The molecule has 0 saturated heterocycles. The highest BCUT2D eigenvalue weighted by atomic mass is 16.9. The molecule has 0 N–H and O–H groups in total. The Morgan fingerprint density at radius 3 is 2.78 bits per heavy atom. The van der Waals surface area contributed by atoms with Gasteiger partial charge in [0.2, 0.25) is 0 Å². The molecule has 0 saturated carbocycles. The van der Waals surface area contributed by atoms with E-state index in [0.29, 0.717) is 11.7 Å². The van der Waals surface area contributed by atoms with Crippen LogP contribution in [0.5, 0.6) is 11.5 Å². The smallest absolute Gasteiger partial charge is 0.311 e. The van der Waals surface area contributed by atoms with Gasteiger partial charge in [-0.1, -0.05) is 31.4 Å². The molecule has 0 bridgehead atoms. The SMILES string of the molecule is CCCCCc1cc(OC(=O)CCCO[N+](=O)[O-])c2c(c1)OC(C)(C)[C@@H]1CC=C(C)C[C@@H]21. The lowest BCUT2D eigenvalue weighted by molar-refractivity contribution is -0.757. The fraction of sp³-hybridized carbons (Fsp3) is 0.640. The molecule has 0 fully saturated rings. The molecule has 2 aliphatic rings. The number of hydrogen-bond donors (Lipinski definition) is 0. The minimum absolute atomic E-state index is 0.0576. The van der Waals surface area contributed by atoms with E-state index >= 15 is 0 Å². The Labute approximate surface area is 190 Å². The maximum Gasteiger partial charge on any atom is 0.311 e. The zero-order chi connectivity index (χ0) is 23.3. The lowest BCUT2D eigenvalue weighted by Gasteiger charge is -2.47. The van der Waals surface area contributed by atoms with Crippen LogP contribution in [0.25, 0.3) is 0 Å². The summed E-state index contributed by atoms with van der Waals surface area (Å²) in [6.45, 7) is 8.49. The highest BCUT2D eigenvalue weighted by Crippen LogP contribution is 2.54. The Bertz CT molecular complexity index is 875. The van der Waals surface area contributed by atoms with Gasteiger partial charge in [-0.15, -0.1) is 10.1 Å². The Morgan fingerprint density at radius 2 is 2.06 bits per heavy atom. The number of fused-ring (bicyclic) bond motifs is 3. The summed E-state index contributed by atoms with van der Waals surface area (Å²) in [7, 11) is 0. The molecule has 1 aliphatic heterocycles. The van der Waals surface area contributed by atoms with Crippen molar-refractivity contribution in [3.8, 4) is 11.5 Å². The fourth-order valence-corrected chi connectivity index (χ4v) is 4.94. The van der Waals surface area contributed by atoms with Crippen molar-refractivity contribution in [3.63, 3.8) is 0 Å². The maximum atomic E-state index is 12.6. The summed E-state index contributed by atoms with van der Waals surface area (Å²) < 4.78 is 12.4. The topological polar surface area (TPSA) is 87.9 Å². The van der Waals surface area contributed by atoms with E-state index in [1.165, 1.54) is 5.57 Å². The fourth-order valence-electron chi connectivity index (χ4n) is 4.94. The number of nitrogens with zero attached hydrogens (tertiary/aromatic N) is 1. The molecule has 7 heteroatoms. The molecule has 0 aromatic heterocycles. The van der Waals surface area contributed by atoms with Crippen LogP contribution in [0, 0.1) is 16.0 Å². The van der Waals surface area contributed by atoms with Gasteiger partial charge in [0.1, 0.15) is 17.1 Å². The quantitative estimate of drug-likeness (QED) is 0.111. The number of hydrogen-bond acceptors (Lipinski definition) is 6. The lowest BCUT2D eigenvalue weighted by atomic mass is 9.67. The molecule has 32 heavy (non-hydrogen) atoms. The third-order valence-corrected chi connectivity index (χ3v) is 6.56. The van der Waals surface area contributed by atoms with Crippen LogP contribution in [0.3, 0.4) is 0 Å². The van der Waals surface area contributed by atoms with E-state index in [-0.39, 0.29) is 31.0 Å². The van der Waals surface area contributed by atoms with Crippen LogP contribution >= 0.6 is 0 Å². The van der Waals surface area contributed by atoms with Crippen LogP contribution in [0.1, 0.15) is 89.7 Å². The molecule has 2 atom stereocenters. The number of unbranched alkanes of at least 4 members (excludes halogenated alkanes) is 2. The number of rotatable bonds is 10. The normalized spacial score (nSPS) is 20.9. The summed E-state index contributed by atoms with van der Waals surface area (Å²) in [5.41, 5.74) is 3.12. The molecular formula is C25H35NO6. The number of esters is 1. The molecule has 3 rings (SSSR count). The molecular weight excluding hydrogens is 410 g/mol. The maximum absolute atomic E-state index is 12.6. The minimum atomic E-state index is -0.848. The average Bonchev–Trinajstić information content (AvgIpc) is 2.70.